The molecule has 1 aromatic rings. The lowest BCUT2D eigenvalue weighted by Gasteiger charge is -2.23. The van der Waals surface area contributed by atoms with Crippen LogP contribution in [0.5, 0.6) is 17.2 Å². The Kier molecular flexibility index (Phi) is 4.01. The summed E-state index contributed by atoms with van der Waals surface area (Å²) >= 11 is 6.19. The SMILES string of the molecule is COc1cc2c(c(CC(N)C(=O)O)c1Cl)OCCO2. The number of carboxylic acid groups (broad SMARTS) is 1. The van der Waals surface area contributed by atoms with E-state index < -0.39 is 12.0 Å². The van der Waals surface area contributed by atoms with Gasteiger partial charge in [0.05, 0.1) is 12.1 Å². The van der Waals surface area contributed by atoms with Crippen molar-refractivity contribution in [3.05, 3.63) is 16.7 Å². The van der Waals surface area contributed by atoms with E-state index in [9.17, 15) is 4.79 Å². The third-order valence-corrected chi connectivity index (χ3v) is 3.20. The zero-order valence-electron chi connectivity index (χ0n) is 10.3. The molecule has 2 rings (SSSR count). The summed E-state index contributed by atoms with van der Waals surface area (Å²) in [6.45, 7) is 0.799. The predicted octanol–water partition coefficient (Wildman–Crippen LogP) is 1.07. The molecule has 1 aliphatic rings. The molecule has 1 atom stereocenters. The first-order valence-corrected chi connectivity index (χ1v) is 6.05. The number of rotatable bonds is 4. The second kappa shape index (κ2) is 5.54. The minimum Gasteiger partial charge on any atom is -0.495 e. The highest BCUT2D eigenvalue weighted by Gasteiger charge is 2.25. The molecule has 0 aromatic heterocycles. The smallest absolute Gasteiger partial charge is 0.320 e. The van der Waals surface area contributed by atoms with Crippen LogP contribution in [0.1, 0.15) is 5.56 Å². The number of fused-ring (bicyclic) bond motifs is 1. The molecule has 104 valence electrons. The maximum absolute atomic E-state index is 10.9. The lowest BCUT2D eigenvalue weighted by molar-refractivity contribution is -0.138. The summed E-state index contributed by atoms with van der Waals surface area (Å²) in [5.41, 5.74) is 6.04. The normalized spacial score (nSPS) is 14.9. The van der Waals surface area contributed by atoms with Crippen LogP contribution in [0.2, 0.25) is 5.02 Å². The Labute approximate surface area is 115 Å². The highest BCUT2D eigenvalue weighted by atomic mass is 35.5. The van der Waals surface area contributed by atoms with Gasteiger partial charge in [-0.3, -0.25) is 4.79 Å². The van der Waals surface area contributed by atoms with Crippen LogP contribution in [0, 0.1) is 0 Å². The number of hydrogen-bond donors (Lipinski definition) is 2. The van der Waals surface area contributed by atoms with Crippen LogP contribution >= 0.6 is 11.6 Å². The number of halogens is 1. The minimum atomic E-state index is -1.11. The first-order chi connectivity index (χ1) is 9.04. The van der Waals surface area contributed by atoms with E-state index in [2.05, 4.69) is 0 Å². The van der Waals surface area contributed by atoms with E-state index in [4.69, 9.17) is 36.7 Å². The third-order valence-electron chi connectivity index (χ3n) is 2.79. The maximum Gasteiger partial charge on any atom is 0.320 e. The second-order valence-electron chi connectivity index (χ2n) is 4.04. The van der Waals surface area contributed by atoms with Gasteiger partial charge in [0.2, 0.25) is 0 Å². The fourth-order valence-electron chi connectivity index (χ4n) is 1.84. The van der Waals surface area contributed by atoms with Crippen molar-refractivity contribution in [1.29, 1.82) is 0 Å². The Balaban J connectivity index is 2.46. The van der Waals surface area contributed by atoms with Gasteiger partial charge >= 0.3 is 5.97 Å². The maximum atomic E-state index is 10.9. The van der Waals surface area contributed by atoms with Crippen LogP contribution in [0.3, 0.4) is 0 Å². The second-order valence-corrected chi connectivity index (χ2v) is 4.42. The van der Waals surface area contributed by atoms with Crippen molar-refractivity contribution >= 4 is 17.6 Å². The number of hydrogen-bond acceptors (Lipinski definition) is 5. The van der Waals surface area contributed by atoms with Crippen molar-refractivity contribution < 1.29 is 24.1 Å². The van der Waals surface area contributed by atoms with Crippen molar-refractivity contribution in [2.24, 2.45) is 5.73 Å². The summed E-state index contributed by atoms with van der Waals surface area (Å²) in [4.78, 5) is 10.9. The Hall–Kier alpha value is -1.66. The molecule has 0 spiro atoms. The van der Waals surface area contributed by atoms with Crippen LogP contribution in [0.25, 0.3) is 0 Å². The Bertz CT molecular complexity index is 505. The van der Waals surface area contributed by atoms with Gasteiger partial charge in [0.25, 0.3) is 0 Å². The van der Waals surface area contributed by atoms with Gasteiger partial charge in [0.1, 0.15) is 25.0 Å². The van der Waals surface area contributed by atoms with E-state index in [0.717, 1.165) is 0 Å². The van der Waals surface area contributed by atoms with Gasteiger partial charge in [-0.2, -0.15) is 0 Å². The summed E-state index contributed by atoms with van der Waals surface area (Å²) < 4.78 is 16.1. The number of methoxy groups -OCH3 is 1. The van der Waals surface area contributed by atoms with E-state index in [1.165, 1.54) is 7.11 Å². The van der Waals surface area contributed by atoms with Gasteiger partial charge in [-0.15, -0.1) is 0 Å². The van der Waals surface area contributed by atoms with E-state index in [1.54, 1.807) is 6.07 Å². The number of ether oxygens (including phenoxy) is 3. The molecule has 1 aliphatic heterocycles. The van der Waals surface area contributed by atoms with E-state index >= 15 is 0 Å². The first-order valence-electron chi connectivity index (χ1n) is 5.68. The molecule has 0 saturated heterocycles. The average molecular weight is 288 g/mol. The molecule has 1 heterocycles. The molecule has 19 heavy (non-hydrogen) atoms. The Morgan fingerprint density at radius 3 is 2.89 bits per heavy atom. The van der Waals surface area contributed by atoms with E-state index in [1.807, 2.05) is 0 Å². The fraction of sp³-hybridized carbons (Fsp3) is 0.417. The lowest BCUT2D eigenvalue weighted by atomic mass is 10.0. The van der Waals surface area contributed by atoms with Gasteiger partial charge in [-0.25, -0.2) is 0 Å². The molecule has 1 aromatic carbocycles. The molecule has 0 fully saturated rings. The van der Waals surface area contributed by atoms with Crippen LogP contribution in [-0.4, -0.2) is 37.4 Å². The van der Waals surface area contributed by atoms with Crippen LogP contribution in [0.15, 0.2) is 6.07 Å². The number of nitrogens with two attached hydrogens (primary N) is 1. The van der Waals surface area contributed by atoms with Crippen molar-refractivity contribution in [2.75, 3.05) is 20.3 Å². The standard InChI is InChI=1S/C12H14ClNO5/c1-17-8-5-9-11(19-3-2-18-9)6(10(8)13)4-7(14)12(15)16/h5,7H,2-4,14H2,1H3,(H,15,16). The fourth-order valence-corrected chi connectivity index (χ4v) is 2.14. The molecule has 7 heteroatoms. The lowest BCUT2D eigenvalue weighted by Crippen LogP contribution is -2.32. The summed E-state index contributed by atoms with van der Waals surface area (Å²) in [5, 5.41) is 9.19. The predicted molar refractivity (Wildman–Crippen MR) is 68.3 cm³/mol. The average Bonchev–Trinajstić information content (AvgIpc) is 2.41. The minimum absolute atomic E-state index is 0.0387. The zero-order chi connectivity index (χ0) is 14.0. The van der Waals surface area contributed by atoms with Gasteiger partial charge in [0.15, 0.2) is 11.5 Å². The van der Waals surface area contributed by atoms with Gasteiger partial charge < -0.3 is 25.1 Å². The molecular weight excluding hydrogens is 274 g/mol. The number of aliphatic carboxylic acids is 1. The first kappa shape index (κ1) is 13.8. The van der Waals surface area contributed by atoms with Crippen molar-refractivity contribution in [2.45, 2.75) is 12.5 Å². The number of carbonyl (C=O) groups is 1. The largest absolute Gasteiger partial charge is 0.495 e. The van der Waals surface area contributed by atoms with Crippen molar-refractivity contribution in [1.82, 2.24) is 0 Å². The topological polar surface area (TPSA) is 91.0 Å². The van der Waals surface area contributed by atoms with E-state index in [-0.39, 0.29) is 6.42 Å². The quantitative estimate of drug-likeness (QED) is 0.861. The molecular formula is C12H14ClNO5. The summed E-state index contributed by atoms with van der Waals surface area (Å²) in [7, 11) is 1.47. The molecule has 0 aliphatic carbocycles. The molecule has 0 saturated carbocycles. The molecule has 0 amide bonds. The molecule has 3 N–H and O–H groups in total. The van der Waals surface area contributed by atoms with Gasteiger partial charge in [-0.1, -0.05) is 11.6 Å². The van der Waals surface area contributed by atoms with Crippen molar-refractivity contribution in [3.8, 4) is 17.2 Å². The van der Waals surface area contributed by atoms with Crippen LogP contribution < -0.4 is 19.9 Å². The summed E-state index contributed by atoms with van der Waals surface area (Å²) in [6.07, 6.45) is 0.0387. The Morgan fingerprint density at radius 2 is 2.26 bits per heavy atom. The molecule has 0 radical (unpaired) electrons. The highest BCUT2D eigenvalue weighted by molar-refractivity contribution is 6.33. The monoisotopic (exact) mass is 287 g/mol. The van der Waals surface area contributed by atoms with Gasteiger partial charge in [0, 0.05) is 18.1 Å². The third kappa shape index (κ3) is 2.69. The molecule has 1 unspecified atom stereocenters. The highest BCUT2D eigenvalue weighted by Crippen LogP contribution is 2.44. The summed E-state index contributed by atoms with van der Waals surface area (Å²) in [5.74, 6) is 0.219. The van der Waals surface area contributed by atoms with Crippen LogP contribution in [-0.2, 0) is 11.2 Å². The van der Waals surface area contributed by atoms with Crippen molar-refractivity contribution in [3.63, 3.8) is 0 Å². The van der Waals surface area contributed by atoms with Crippen LogP contribution in [0.4, 0.5) is 0 Å². The van der Waals surface area contributed by atoms with E-state index in [0.29, 0.717) is 41.0 Å². The van der Waals surface area contributed by atoms with Gasteiger partial charge in [-0.05, 0) is 0 Å². The zero-order valence-corrected chi connectivity index (χ0v) is 11.1. The summed E-state index contributed by atoms with van der Waals surface area (Å²) in [6, 6.07) is 0.548. The Morgan fingerprint density at radius 1 is 1.58 bits per heavy atom. The molecule has 0 bridgehead atoms. The number of benzene rings is 1. The number of carboxylic acids is 1. The molecule has 6 nitrogen and oxygen atoms in total.